The largest absolute Gasteiger partial charge is 0.355 e. The number of amides is 1. The van der Waals surface area contributed by atoms with Gasteiger partial charge in [0.1, 0.15) is 0 Å². The van der Waals surface area contributed by atoms with E-state index in [0.717, 1.165) is 25.8 Å². The lowest BCUT2D eigenvalue weighted by Gasteiger charge is -2.25. The van der Waals surface area contributed by atoms with Gasteiger partial charge in [-0.25, -0.2) is 0 Å². The fraction of sp³-hybridized carbons (Fsp3) is 0.435. The van der Waals surface area contributed by atoms with Crippen LogP contribution in [0.1, 0.15) is 49.1 Å². The lowest BCUT2D eigenvalue weighted by Crippen LogP contribution is -2.45. The van der Waals surface area contributed by atoms with Gasteiger partial charge in [-0.2, -0.15) is 0 Å². The molecule has 1 amide bonds. The van der Waals surface area contributed by atoms with Crippen molar-refractivity contribution in [3.63, 3.8) is 0 Å². The Morgan fingerprint density at radius 3 is 2.23 bits per heavy atom. The molecule has 1 aliphatic heterocycles. The van der Waals surface area contributed by atoms with Gasteiger partial charge in [-0.05, 0) is 44.0 Å². The normalized spacial score (nSPS) is 18.5. The van der Waals surface area contributed by atoms with Crippen molar-refractivity contribution in [2.75, 3.05) is 20.1 Å². The first kappa shape index (κ1) is 18.7. The summed E-state index contributed by atoms with van der Waals surface area (Å²) >= 11 is 0. The summed E-state index contributed by atoms with van der Waals surface area (Å²) < 4.78 is 0. The van der Waals surface area contributed by atoms with E-state index in [4.69, 9.17) is 0 Å². The highest BCUT2D eigenvalue weighted by molar-refractivity contribution is 5.81. The van der Waals surface area contributed by atoms with Crippen LogP contribution in [0.4, 0.5) is 0 Å². The monoisotopic (exact) mass is 350 g/mol. The Morgan fingerprint density at radius 1 is 1.00 bits per heavy atom. The van der Waals surface area contributed by atoms with Crippen molar-refractivity contribution in [2.45, 2.75) is 44.1 Å². The van der Waals surface area contributed by atoms with Crippen LogP contribution < -0.4 is 5.32 Å². The molecule has 1 N–H and O–H groups in total. The zero-order valence-electron chi connectivity index (χ0n) is 15.7. The average Bonchev–Trinajstić information content (AvgIpc) is 2.91. The third-order valence-corrected chi connectivity index (χ3v) is 5.46. The summed E-state index contributed by atoms with van der Waals surface area (Å²) in [6.45, 7) is 1.73. The van der Waals surface area contributed by atoms with E-state index < -0.39 is 0 Å². The summed E-state index contributed by atoms with van der Waals surface area (Å²) in [5.41, 5.74) is 2.61. The van der Waals surface area contributed by atoms with E-state index in [-0.39, 0.29) is 11.9 Å². The van der Waals surface area contributed by atoms with Gasteiger partial charge in [0, 0.05) is 12.5 Å². The Morgan fingerprint density at radius 2 is 1.62 bits per heavy atom. The lowest BCUT2D eigenvalue weighted by molar-refractivity contribution is -0.126. The van der Waals surface area contributed by atoms with Crippen LogP contribution in [-0.4, -0.2) is 37.0 Å². The maximum Gasteiger partial charge on any atom is 0.237 e. The molecule has 1 fully saturated rings. The Balaban J connectivity index is 1.62. The summed E-state index contributed by atoms with van der Waals surface area (Å²) in [4.78, 5) is 14.9. The highest BCUT2D eigenvalue weighted by atomic mass is 16.2. The third kappa shape index (κ3) is 4.95. The summed E-state index contributed by atoms with van der Waals surface area (Å²) in [6.07, 6.45) is 5.47. The van der Waals surface area contributed by atoms with Crippen LogP contribution in [0.2, 0.25) is 0 Å². The molecule has 3 rings (SSSR count). The average molecular weight is 351 g/mol. The van der Waals surface area contributed by atoms with E-state index in [1.165, 1.54) is 24.0 Å². The fourth-order valence-corrected chi connectivity index (χ4v) is 3.94. The van der Waals surface area contributed by atoms with E-state index in [1.807, 2.05) is 0 Å². The minimum atomic E-state index is 0.0319. The van der Waals surface area contributed by atoms with Crippen molar-refractivity contribution >= 4 is 5.91 Å². The van der Waals surface area contributed by atoms with Crippen LogP contribution in [0, 0.1) is 0 Å². The predicted molar refractivity (Wildman–Crippen MR) is 107 cm³/mol. The molecule has 3 heteroatoms. The number of rotatable bonds is 6. The second-order valence-corrected chi connectivity index (χ2v) is 7.30. The smallest absolute Gasteiger partial charge is 0.237 e. The first-order valence-electron chi connectivity index (χ1n) is 9.83. The number of nitrogens with one attached hydrogen (secondary N) is 1. The first-order valence-corrected chi connectivity index (χ1v) is 9.83. The van der Waals surface area contributed by atoms with Crippen LogP contribution >= 0.6 is 0 Å². The summed E-state index contributed by atoms with van der Waals surface area (Å²) in [5.74, 6) is 0.499. The second kappa shape index (κ2) is 9.54. The highest BCUT2D eigenvalue weighted by Gasteiger charge is 2.24. The van der Waals surface area contributed by atoms with E-state index >= 15 is 0 Å². The minimum Gasteiger partial charge on any atom is -0.355 e. The Hall–Kier alpha value is -2.13. The van der Waals surface area contributed by atoms with Crippen LogP contribution in [0.5, 0.6) is 0 Å². The van der Waals surface area contributed by atoms with Crippen molar-refractivity contribution in [3.8, 4) is 0 Å². The standard InChI is InChI=1S/C23H30N2O/c1-25-18-10-4-9-15-22(25)23(26)24-17-16-21(19-11-5-2-6-12-19)20-13-7-3-8-14-20/h2-3,5-8,11-14,21-22H,4,9-10,15-18H2,1H3,(H,24,26)/t22-/m0/s1. The summed E-state index contributed by atoms with van der Waals surface area (Å²) in [7, 11) is 2.08. The molecule has 0 saturated carbocycles. The number of benzene rings is 2. The zero-order valence-corrected chi connectivity index (χ0v) is 15.7. The Bertz CT molecular complexity index is 632. The van der Waals surface area contributed by atoms with Gasteiger partial charge < -0.3 is 5.32 Å². The number of likely N-dealkylation sites (tertiary alicyclic amines) is 1. The van der Waals surface area contributed by atoms with Gasteiger partial charge in [-0.3, -0.25) is 9.69 Å². The molecule has 138 valence electrons. The third-order valence-electron chi connectivity index (χ3n) is 5.46. The molecular formula is C23H30N2O. The van der Waals surface area contributed by atoms with Gasteiger partial charge in [-0.1, -0.05) is 73.5 Å². The van der Waals surface area contributed by atoms with Crippen molar-refractivity contribution in [1.82, 2.24) is 10.2 Å². The van der Waals surface area contributed by atoms with E-state index in [1.54, 1.807) is 0 Å². The van der Waals surface area contributed by atoms with Gasteiger partial charge in [0.05, 0.1) is 6.04 Å². The molecular weight excluding hydrogens is 320 g/mol. The molecule has 26 heavy (non-hydrogen) atoms. The SMILES string of the molecule is CN1CCCCC[C@H]1C(=O)NCCC(c1ccccc1)c1ccccc1. The molecule has 3 nitrogen and oxygen atoms in total. The summed E-state index contributed by atoms with van der Waals surface area (Å²) in [5, 5.41) is 3.20. The number of carbonyl (C=O) groups excluding carboxylic acids is 1. The van der Waals surface area contributed by atoms with Gasteiger partial charge >= 0.3 is 0 Å². The van der Waals surface area contributed by atoms with Crippen LogP contribution in [0.15, 0.2) is 60.7 Å². The molecule has 1 saturated heterocycles. The Kier molecular flexibility index (Phi) is 6.84. The van der Waals surface area contributed by atoms with Gasteiger partial charge in [0.25, 0.3) is 0 Å². The molecule has 1 atom stereocenters. The molecule has 2 aromatic rings. The molecule has 0 unspecified atom stereocenters. The van der Waals surface area contributed by atoms with Crippen molar-refractivity contribution < 1.29 is 4.79 Å². The molecule has 0 radical (unpaired) electrons. The molecule has 0 spiro atoms. The fourth-order valence-electron chi connectivity index (χ4n) is 3.94. The van der Waals surface area contributed by atoms with Crippen molar-refractivity contribution in [3.05, 3.63) is 71.8 Å². The molecule has 1 heterocycles. The maximum atomic E-state index is 12.7. The highest BCUT2D eigenvalue weighted by Crippen LogP contribution is 2.27. The molecule has 0 aromatic heterocycles. The molecule has 0 aliphatic carbocycles. The molecule has 1 aliphatic rings. The topological polar surface area (TPSA) is 32.3 Å². The quantitative estimate of drug-likeness (QED) is 0.847. The van der Waals surface area contributed by atoms with Gasteiger partial charge in [0.2, 0.25) is 5.91 Å². The second-order valence-electron chi connectivity index (χ2n) is 7.30. The number of likely N-dealkylation sites (N-methyl/N-ethyl adjacent to an activating group) is 1. The van der Waals surface area contributed by atoms with Gasteiger partial charge in [0.15, 0.2) is 0 Å². The maximum absolute atomic E-state index is 12.7. The van der Waals surface area contributed by atoms with Gasteiger partial charge in [-0.15, -0.1) is 0 Å². The van der Waals surface area contributed by atoms with Crippen LogP contribution in [-0.2, 0) is 4.79 Å². The predicted octanol–water partition coefficient (Wildman–Crippen LogP) is 4.20. The van der Waals surface area contributed by atoms with E-state index in [2.05, 4.69) is 77.9 Å². The van der Waals surface area contributed by atoms with E-state index in [0.29, 0.717) is 12.5 Å². The van der Waals surface area contributed by atoms with Crippen LogP contribution in [0.3, 0.4) is 0 Å². The number of hydrogen-bond donors (Lipinski definition) is 1. The van der Waals surface area contributed by atoms with Crippen molar-refractivity contribution in [1.29, 1.82) is 0 Å². The Labute approximate surface area is 157 Å². The van der Waals surface area contributed by atoms with Crippen molar-refractivity contribution in [2.24, 2.45) is 0 Å². The zero-order chi connectivity index (χ0) is 18.2. The molecule has 0 bridgehead atoms. The summed E-state index contributed by atoms with van der Waals surface area (Å²) in [6, 6.07) is 21.2. The molecule has 2 aromatic carbocycles. The van der Waals surface area contributed by atoms with E-state index in [9.17, 15) is 4.79 Å². The number of carbonyl (C=O) groups is 1. The number of nitrogens with zero attached hydrogens (tertiary/aromatic N) is 1. The minimum absolute atomic E-state index is 0.0319. The first-order chi connectivity index (χ1) is 12.8. The van der Waals surface area contributed by atoms with Crippen LogP contribution in [0.25, 0.3) is 0 Å². The number of hydrogen-bond acceptors (Lipinski definition) is 2. The lowest BCUT2D eigenvalue weighted by atomic mass is 9.88.